The molecule has 1 unspecified atom stereocenters. The zero-order valence-electron chi connectivity index (χ0n) is 15.6. The molecular weight excluding hydrogens is 324 g/mol. The predicted molar refractivity (Wildman–Crippen MR) is 102 cm³/mol. The normalized spacial score (nSPS) is 22.2. The molecule has 1 aromatic heterocycles. The maximum absolute atomic E-state index is 11.8. The third-order valence-electron chi connectivity index (χ3n) is 6.12. The number of nitrogens with zero attached hydrogens (tertiary/aromatic N) is 2. The van der Waals surface area contributed by atoms with Crippen LogP contribution in [-0.4, -0.2) is 28.1 Å². The minimum atomic E-state index is -1.12. The first-order valence-corrected chi connectivity index (χ1v) is 10.2. The molecule has 1 aliphatic carbocycles. The predicted octanol–water partition coefficient (Wildman–Crippen LogP) is 4.48. The molecule has 0 radical (unpaired) electrons. The van der Waals surface area contributed by atoms with E-state index in [0.717, 1.165) is 43.8 Å². The van der Waals surface area contributed by atoms with E-state index in [0.29, 0.717) is 5.89 Å². The minimum absolute atomic E-state index is 0.167. The Morgan fingerprint density at radius 2 is 1.69 bits per heavy atom. The van der Waals surface area contributed by atoms with Crippen molar-refractivity contribution in [3.63, 3.8) is 0 Å². The monoisotopic (exact) mass is 354 g/mol. The van der Waals surface area contributed by atoms with E-state index in [4.69, 9.17) is 4.42 Å². The van der Waals surface area contributed by atoms with Gasteiger partial charge < -0.3 is 9.52 Å². The Bertz CT molecular complexity index is 687. The van der Waals surface area contributed by atoms with Crippen LogP contribution in [-0.2, 0) is 12.1 Å². The summed E-state index contributed by atoms with van der Waals surface area (Å²) in [4.78, 5) is 6.99. The van der Waals surface area contributed by atoms with Crippen molar-refractivity contribution in [1.82, 2.24) is 9.88 Å². The van der Waals surface area contributed by atoms with Gasteiger partial charge in [-0.25, -0.2) is 4.98 Å². The van der Waals surface area contributed by atoms with Gasteiger partial charge in [-0.15, -0.1) is 0 Å². The summed E-state index contributed by atoms with van der Waals surface area (Å²) >= 11 is 0. The van der Waals surface area contributed by atoms with Crippen molar-refractivity contribution in [3.05, 3.63) is 53.7 Å². The largest absolute Gasteiger partial charge is 0.441 e. The molecule has 4 rings (SSSR count). The van der Waals surface area contributed by atoms with Crippen LogP contribution >= 0.6 is 0 Å². The number of hydrogen-bond donors (Lipinski definition) is 1. The fraction of sp³-hybridized carbons (Fsp3) is 0.591. The molecule has 1 aromatic carbocycles. The van der Waals surface area contributed by atoms with Gasteiger partial charge in [0.2, 0.25) is 5.89 Å². The highest BCUT2D eigenvalue weighted by molar-refractivity contribution is 5.30. The quantitative estimate of drug-likeness (QED) is 0.860. The molecule has 2 fully saturated rings. The highest BCUT2D eigenvalue weighted by Crippen LogP contribution is 2.43. The van der Waals surface area contributed by atoms with Crippen molar-refractivity contribution in [2.45, 2.75) is 63.5 Å². The van der Waals surface area contributed by atoms with Crippen molar-refractivity contribution in [2.24, 2.45) is 5.92 Å². The van der Waals surface area contributed by atoms with Gasteiger partial charge in [0.1, 0.15) is 5.76 Å². The molecule has 2 aromatic rings. The van der Waals surface area contributed by atoms with Crippen LogP contribution in [0.1, 0.15) is 68.6 Å². The van der Waals surface area contributed by atoms with E-state index >= 15 is 0 Å². The van der Waals surface area contributed by atoms with Gasteiger partial charge in [-0.1, -0.05) is 56.0 Å². The molecule has 1 saturated heterocycles. The molecule has 0 bridgehead atoms. The van der Waals surface area contributed by atoms with Crippen LogP contribution in [0.25, 0.3) is 0 Å². The molecule has 0 amide bonds. The third-order valence-corrected chi connectivity index (χ3v) is 6.12. The van der Waals surface area contributed by atoms with E-state index in [1.165, 1.54) is 38.5 Å². The van der Waals surface area contributed by atoms with Crippen molar-refractivity contribution in [3.8, 4) is 0 Å². The molecule has 1 N–H and O–H groups in total. The van der Waals surface area contributed by atoms with Gasteiger partial charge in [-0.05, 0) is 44.3 Å². The fourth-order valence-corrected chi connectivity index (χ4v) is 4.64. The van der Waals surface area contributed by atoms with Crippen LogP contribution in [0.4, 0.5) is 0 Å². The second-order valence-corrected chi connectivity index (χ2v) is 7.94. The lowest BCUT2D eigenvalue weighted by Crippen LogP contribution is -2.38. The Hall–Kier alpha value is -1.65. The summed E-state index contributed by atoms with van der Waals surface area (Å²) in [5.41, 5.74) is -0.222. The van der Waals surface area contributed by atoms with Gasteiger partial charge in [0.15, 0.2) is 5.60 Å². The summed E-state index contributed by atoms with van der Waals surface area (Å²) in [5.74, 6) is 1.51. The molecule has 4 nitrogen and oxygen atoms in total. The topological polar surface area (TPSA) is 49.5 Å². The first kappa shape index (κ1) is 17.7. The van der Waals surface area contributed by atoms with Crippen molar-refractivity contribution in [2.75, 3.05) is 13.1 Å². The Morgan fingerprint density at radius 1 is 1.00 bits per heavy atom. The lowest BCUT2D eigenvalue weighted by molar-refractivity contribution is -0.0244. The second-order valence-electron chi connectivity index (χ2n) is 7.94. The molecule has 4 heteroatoms. The highest BCUT2D eigenvalue weighted by atomic mass is 16.4. The Labute approximate surface area is 156 Å². The van der Waals surface area contributed by atoms with Crippen molar-refractivity contribution in [1.29, 1.82) is 0 Å². The van der Waals surface area contributed by atoms with Gasteiger partial charge >= 0.3 is 0 Å². The third kappa shape index (κ3) is 3.58. The van der Waals surface area contributed by atoms with Crippen molar-refractivity contribution < 1.29 is 9.52 Å². The molecule has 1 atom stereocenters. The SMILES string of the molecule is OC(c1ccccc1)(c1ncc(CN2CCCCC2)o1)C1CCCCC1. The zero-order chi connectivity index (χ0) is 17.8. The molecule has 0 spiro atoms. The van der Waals surface area contributed by atoms with Gasteiger partial charge in [0.25, 0.3) is 0 Å². The summed E-state index contributed by atoms with van der Waals surface area (Å²) in [7, 11) is 0. The number of aromatic nitrogens is 1. The number of aliphatic hydroxyl groups is 1. The molecule has 1 aliphatic heterocycles. The van der Waals surface area contributed by atoms with Gasteiger partial charge in [0.05, 0.1) is 12.7 Å². The summed E-state index contributed by atoms with van der Waals surface area (Å²) in [5, 5.41) is 11.8. The standard InChI is InChI=1S/C22H30N2O2/c25-22(18-10-4-1-5-11-18,19-12-6-2-7-13-19)21-23-16-20(26-21)17-24-14-8-3-9-15-24/h1,4-5,10-11,16,19,25H,2-3,6-9,12-15,17H2. The summed E-state index contributed by atoms with van der Waals surface area (Å²) in [6.07, 6.45) is 11.3. The van der Waals surface area contributed by atoms with E-state index in [1.807, 2.05) is 36.5 Å². The van der Waals surface area contributed by atoms with E-state index in [1.54, 1.807) is 0 Å². The average Bonchev–Trinajstić information content (AvgIpc) is 3.18. The maximum Gasteiger partial charge on any atom is 0.231 e. The second kappa shape index (κ2) is 7.93. The first-order chi connectivity index (χ1) is 12.8. The van der Waals surface area contributed by atoms with Crippen molar-refractivity contribution >= 4 is 0 Å². The number of oxazole rings is 1. The fourth-order valence-electron chi connectivity index (χ4n) is 4.64. The molecule has 2 heterocycles. The van der Waals surface area contributed by atoms with Gasteiger partial charge in [-0.2, -0.15) is 0 Å². The molecule has 140 valence electrons. The van der Waals surface area contributed by atoms with E-state index in [-0.39, 0.29) is 5.92 Å². The number of likely N-dealkylation sites (tertiary alicyclic amines) is 1. The van der Waals surface area contributed by atoms with Crippen LogP contribution in [0.3, 0.4) is 0 Å². The molecular formula is C22H30N2O2. The van der Waals surface area contributed by atoms with Crippen LogP contribution in [0.15, 0.2) is 40.9 Å². The Kier molecular flexibility index (Phi) is 5.41. The molecule has 26 heavy (non-hydrogen) atoms. The van der Waals surface area contributed by atoms with Crippen LogP contribution < -0.4 is 0 Å². The number of benzene rings is 1. The Morgan fingerprint density at radius 3 is 2.42 bits per heavy atom. The highest BCUT2D eigenvalue weighted by Gasteiger charge is 2.44. The van der Waals surface area contributed by atoms with Crippen LogP contribution in [0.5, 0.6) is 0 Å². The summed E-state index contributed by atoms with van der Waals surface area (Å²) in [6.45, 7) is 3.05. The zero-order valence-corrected chi connectivity index (χ0v) is 15.6. The number of piperidine rings is 1. The molecule has 2 aliphatic rings. The first-order valence-electron chi connectivity index (χ1n) is 10.2. The average molecular weight is 354 g/mol. The van der Waals surface area contributed by atoms with Gasteiger partial charge in [-0.3, -0.25) is 4.90 Å². The van der Waals surface area contributed by atoms with E-state index < -0.39 is 5.60 Å². The Balaban J connectivity index is 1.61. The lowest BCUT2D eigenvalue weighted by Gasteiger charge is -2.36. The van der Waals surface area contributed by atoms with Crippen LogP contribution in [0.2, 0.25) is 0 Å². The minimum Gasteiger partial charge on any atom is -0.441 e. The van der Waals surface area contributed by atoms with Crippen LogP contribution in [0, 0.1) is 5.92 Å². The summed E-state index contributed by atoms with van der Waals surface area (Å²) in [6, 6.07) is 9.97. The van der Waals surface area contributed by atoms with E-state index in [2.05, 4.69) is 9.88 Å². The maximum atomic E-state index is 11.8. The number of hydrogen-bond acceptors (Lipinski definition) is 4. The smallest absolute Gasteiger partial charge is 0.231 e. The summed E-state index contributed by atoms with van der Waals surface area (Å²) < 4.78 is 6.16. The number of rotatable bonds is 5. The van der Waals surface area contributed by atoms with Gasteiger partial charge in [0, 0.05) is 5.92 Å². The molecule has 1 saturated carbocycles. The van der Waals surface area contributed by atoms with E-state index in [9.17, 15) is 5.11 Å². The lowest BCUT2D eigenvalue weighted by atomic mass is 9.73.